The molecule has 1 aliphatic heterocycles. The average molecular weight is 416 g/mol. The zero-order valence-corrected chi connectivity index (χ0v) is 18.7. The maximum atomic E-state index is 13.7. The maximum Gasteiger partial charge on any atom is 0.271 e. The van der Waals surface area contributed by atoms with Crippen LogP contribution >= 0.6 is 11.3 Å². The molecule has 0 aromatic carbocycles. The number of thiophene rings is 1. The lowest BCUT2D eigenvalue weighted by Crippen LogP contribution is -2.66. The van der Waals surface area contributed by atoms with Gasteiger partial charge in [0.2, 0.25) is 5.91 Å². The summed E-state index contributed by atoms with van der Waals surface area (Å²) in [5.41, 5.74) is 0.894. The summed E-state index contributed by atoms with van der Waals surface area (Å²) < 4.78 is 3.17. The molecule has 1 fully saturated rings. The summed E-state index contributed by atoms with van der Waals surface area (Å²) in [7, 11) is 0. The van der Waals surface area contributed by atoms with Crippen molar-refractivity contribution in [2.75, 3.05) is 0 Å². The highest BCUT2D eigenvalue weighted by molar-refractivity contribution is 7.17. The molecule has 1 saturated carbocycles. The van der Waals surface area contributed by atoms with Crippen LogP contribution in [0, 0.1) is 0 Å². The molecule has 0 radical (unpaired) electrons. The summed E-state index contributed by atoms with van der Waals surface area (Å²) in [6, 6.07) is 4.28. The third kappa shape index (κ3) is 3.60. The second-order valence-electron chi connectivity index (χ2n) is 9.01. The van der Waals surface area contributed by atoms with Gasteiger partial charge in [0.1, 0.15) is 11.2 Å². The number of carbonyl (C=O) groups excluding carboxylic acids is 2. The zero-order chi connectivity index (χ0) is 20.6. The Bertz CT molecular complexity index is 893. The monoisotopic (exact) mass is 415 g/mol. The molecule has 158 valence electrons. The predicted molar refractivity (Wildman–Crippen MR) is 118 cm³/mol. The molecule has 29 heavy (non-hydrogen) atoms. The van der Waals surface area contributed by atoms with Gasteiger partial charge in [0.25, 0.3) is 5.91 Å². The summed E-state index contributed by atoms with van der Waals surface area (Å²) in [6.07, 6.45) is 9.08. The van der Waals surface area contributed by atoms with Gasteiger partial charge >= 0.3 is 0 Å². The summed E-state index contributed by atoms with van der Waals surface area (Å²) in [4.78, 5) is 29.0. The molecule has 5 nitrogen and oxygen atoms in total. The van der Waals surface area contributed by atoms with Crippen LogP contribution in [0.1, 0.15) is 82.6 Å². The van der Waals surface area contributed by atoms with E-state index in [0.717, 1.165) is 29.5 Å². The maximum absolute atomic E-state index is 13.7. The summed E-state index contributed by atoms with van der Waals surface area (Å²) in [5, 5.41) is 5.40. The van der Waals surface area contributed by atoms with Crippen LogP contribution in [0.2, 0.25) is 0 Å². The summed E-state index contributed by atoms with van der Waals surface area (Å²) >= 11 is 1.65. The van der Waals surface area contributed by atoms with Crippen LogP contribution in [0.3, 0.4) is 0 Å². The standard InChI is InChI=1S/C23H33N3O2S/c1-4-16(2)26-21(27)19-14-20-18(12-13-29-20)25(19)15-23(26,3)22(28)24-17-10-8-6-5-7-9-11-17/h12-14,16-17H,4-11,15H2,1-3H3,(H,24,28)/t16-,23-/m0/s1. The van der Waals surface area contributed by atoms with Gasteiger partial charge in [0, 0.05) is 12.1 Å². The van der Waals surface area contributed by atoms with E-state index in [4.69, 9.17) is 0 Å². The van der Waals surface area contributed by atoms with Crippen molar-refractivity contribution in [1.29, 1.82) is 0 Å². The number of rotatable bonds is 4. The Kier molecular flexibility index (Phi) is 5.74. The van der Waals surface area contributed by atoms with E-state index in [9.17, 15) is 9.59 Å². The summed E-state index contributed by atoms with van der Waals surface area (Å²) in [6.45, 7) is 6.60. The minimum atomic E-state index is -0.879. The minimum Gasteiger partial charge on any atom is -0.351 e. The Balaban J connectivity index is 1.67. The number of carbonyl (C=O) groups is 2. The molecule has 1 N–H and O–H groups in total. The Labute approximate surface area is 177 Å². The predicted octanol–water partition coefficient (Wildman–Crippen LogP) is 4.94. The first-order valence-corrected chi connectivity index (χ1v) is 12.0. The van der Waals surface area contributed by atoms with Gasteiger partial charge in [-0.15, -0.1) is 11.3 Å². The lowest BCUT2D eigenvalue weighted by atomic mass is 9.90. The lowest BCUT2D eigenvalue weighted by Gasteiger charge is -2.47. The Morgan fingerprint density at radius 2 is 1.97 bits per heavy atom. The third-order valence-corrected chi connectivity index (χ3v) is 7.77. The number of hydrogen-bond donors (Lipinski definition) is 1. The van der Waals surface area contributed by atoms with Crippen LogP contribution in [0.25, 0.3) is 10.2 Å². The van der Waals surface area contributed by atoms with Crippen molar-refractivity contribution in [3.63, 3.8) is 0 Å². The molecular weight excluding hydrogens is 382 g/mol. The molecule has 6 heteroatoms. The van der Waals surface area contributed by atoms with Gasteiger partial charge in [-0.05, 0) is 50.6 Å². The average Bonchev–Trinajstić information content (AvgIpc) is 3.26. The SMILES string of the molecule is CC[C@H](C)N1C(=O)c2cc3sccc3n2C[C@@]1(C)C(=O)NC1CCCCCCC1. The van der Waals surface area contributed by atoms with Crippen molar-refractivity contribution >= 4 is 33.4 Å². The molecule has 2 atom stereocenters. The number of nitrogens with zero attached hydrogens (tertiary/aromatic N) is 2. The third-order valence-electron chi connectivity index (χ3n) is 6.92. The first-order chi connectivity index (χ1) is 14.0. The van der Waals surface area contributed by atoms with Crippen molar-refractivity contribution in [2.24, 2.45) is 0 Å². The molecule has 0 spiro atoms. The topological polar surface area (TPSA) is 54.3 Å². The number of fused-ring (bicyclic) bond motifs is 3. The highest BCUT2D eigenvalue weighted by atomic mass is 32.1. The van der Waals surface area contributed by atoms with Crippen LogP contribution in [0.4, 0.5) is 0 Å². The molecule has 2 amide bonds. The van der Waals surface area contributed by atoms with Crippen LogP contribution < -0.4 is 5.32 Å². The molecule has 1 aliphatic carbocycles. The van der Waals surface area contributed by atoms with E-state index in [-0.39, 0.29) is 23.9 Å². The van der Waals surface area contributed by atoms with Gasteiger partial charge in [0.05, 0.1) is 16.8 Å². The van der Waals surface area contributed by atoms with E-state index in [0.29, 0.717) is 12.2 Å². The largest absolute Gasteiger partial charge is 0.351 e. The van der Waals surface area contributed by atoms with Crippen molar-refractivity contribution in [3.05, 3.63) is 23.2 Å². The minimum absolute atomic E-state index is 0.000506. The molecule has 2 aromatic heterocycles. The normalized spacial score (nSPS) is 24.8. The number of nitrogens with one attached hydrogen (secondary N) is 1. The summed E-state index contributed by atoms with van der Waals surface area (Å²) in [5.74, 6) is -0.0243. The van der Waals surface area contributed by atoms with Crippen LogP contribution in [0.15, 0.2) is 17.5 Å². The molecule has 3 heterocycles. The first-order valence-electron chi connectivity index (χ1n) is 11.2. The smallest absolute Gasteiger partial charge is 0.271 e. The van der Waals surface area contributed by atoms with E-state index in [1.54, 1.807) is 11.3 Å². The fraction of sp³-hybridized carbons (Fsp3) is 0.652. The molecule has 0 bridgehead atoms. The molecule has 2 aromatic rings. The van der Waals surface area contributed by atoms with E-state index >= 15 is 0 Å². The van der Waals surface area contributed by atoms with Crippen molar-refractivity contribution in [2.45, 2.75) is 96.3 Å². The van der Waals surface area contributed by atoms with Crippen molar-refractivity contribution < 1.29 is 9.59 Å². The van der Waals surface area contributed by atoms with E-state index in [1.165, 1.54) is 32.1 Å². The quantitative estimate of drug-likeness (QED) is 0.768. The number of amides is 2. The molecule has 0 unspecified atom stereocenters. The second kappa shape index (κ2) is 8.13. The second-order valence-corrected chi connectivity index (χ2v) is 9.96. The van der Waals surface area contributed by atoms with Crippen LogP contribution in [-0.2, 0) is 11.3 Å². The molecule has 4 rings (SSSR count). The van der Waals surface area contributed by atoms with Gasteiger partial charge in [0.15, 0.2) is 0 Å². The highest BCUT2D eigenvalue weighted by Crippen LogP contribution is 2.36. The van der Waals surface area contributed by atoms with Gasteiger partial charge in [-0.1, -0.05) is 39.0 Å². The first kappa shape index (κ1) is 20.5. The number of hydrogen-bond acceptors (Lipinski definition) is 3. The lowest BCUT2D eigenvalue weighted by molar-refractivity contribution is -0.135. The van der Waals surface area contributed by atoms with Crippen LogP contribution in [-0.4, -0.2) is 38.9 Å². The molecule has 0 saturated heterocycles. The highest BCUT2D eigenvalue weighted by Gasteiger charge is 2.49. The van der Waals surface area contributed by atoms with E-state index < -0.39 is 5.54 Å². The molecule has 2 aliphatic rings. The van der Waals surface area contributed by atoms with Gasteiger partial charge in [-0.3, -0.25) is 9.59 Å². The zero-order valence-electron chi connectivity index (χ0n) is 17.9. The van der Waals surface area contributed by atoms with E-state index in [2.05, 4.69) is 35.2 Å². The van der Waals surface area contributed by atoms with Crippen LogP contribution in [0.5, 0.6) is 0 Å². The van der Waals surface area contributed by atoms with E-state index in [1.807, 2.05) is 17.9 Å². The molecular formula is C23H33N3O2S. The van der Waals surface area contributed by atoms with Gasteiger partial charge in [-0.25, -0.2) is 0 Å². The fourth-order valence-corrected chi connectivity index (χ4v) is 5.87. The van der Waals surface area contributed by atoms with Crippen molar-refractivity contribution in [3.8, 4) is 0 Å². The Morgan fingerprint density at radius 1 is 1.28 bits per heavy atom. The van der Waals surface area contributed by atoms with Gasteiger partial charge in [-0.2, -0.15) is 0 Å². The van der Waals surface area contributed by atoms with Crippen molar-refractivity contribution in [1.82, 2.24) is 14.8 Å². The Morgan fingerprint density at radius 3 is 2.66 bits per heavy atom. The van der Waals surface area contributed by atoms with Gasteiger partial charge < -0.3 is 14.8 Å². The fourth-order valence-electron chi connectivity index (χ4n) is 5.05. The number of aromatic nitrogens is 1. The Hall–Kier alpha value is -1.82.